The van der Waals surface area contributed by atoms with Crippen molar-refractivity contribution in [1.29, 1.82) is 0 Å². The first-order valence-electron chi connectivity index (χ1n) is 2.62. The van der Waals surface area contributed by atoms with E-state index in [1.54, 1.807) is 0 Å². The van der Waals surface area contributed by atoms with Gasteiger partial charge in [-0.25, -0.2) is 37.3 Å². The predicted octanol–water partition coefficient (Wildman–Crippen LogP) is -10.7. The van der Waals surface area contributed by atoms with Gasteiger partial charge in [-0.3, -0.25) is 0 Å². The van der Waals surface area contributed by atoms with Crippen LogP contribution in [0.15, 0.2) is 0 Å². The third-order valence-electron chi connectivity index (χ3n) is 0.362. The molecule has 1 heterocycles. The van der Waals surface area contributed by atoms with Crippen LogP contribution in [-0.2, 0) is 44.8 Å². The number of rotatable bonds is 0. The Morgan fingerprint density at radius 3 is 1.17 bits per heavy atom. The molecule has 0 bridgehead atoms. The minimum atomic E-state index is -4.94. The van der Waals surface area contributed by atoms with Gasteiger partial charge >= 0.3 is 44.8 Å². The zero-order valence-electron chi connectivity index (χ0n) is 7.54. The maximum absolute atomic E-state index is 8.49. The number of nitrogens with two attached hydrogens (primary N) is 1. The van der Waals surface area contributed by atoms with Crippen LogP contribution in [0.3, 0.4) is 0 Å². The molecule has 13 nitrogen and oxygen atoms in total. The van der Waals surface area contributed by atoms with Crippen molar-refractivity contribution in [2.45, 2.75) is 0 Å². The Kier molecular flexibility index (Phi) is 19.0. The Balaban J connectivity index is -0.0000000781. The van der Waals surface area contributed by atoms with Gasteiger partial charge in [0.05, 0.1) is 0 Å². The molecule has 1 aromatic rings. The van der Waals surface area contributed by atoms with Gasteiger partial charge in [0.15, 0.2) is 0 Å². The topological polar surface area (TPSA) is 265 Å². The fourth-order valence-corrected chi connectivity index (χ4v) is 0.170. The van der Waals surface area contributed by atoms with E-state index in [9.17, 15) is 0 Å². The summed E-state index contributed by atoms with van der Waals surface area (Å²) in [4.78, 5) is 0. The standard InChI is InChI=1S/CH3N5.2Ag.2ClHO4/c2-1-3-5-6-4-1;;;2*2-1(3,4)5/h(H3,2,3,4,5,6);;;2*(H,2,3,4,5)/q;2*+1;;/p-2. The summed E-state index contributed by atoms with van der Waals surface area (Å²) < 4.78 is 67.9. The summed E-state index contributed by atoms with van der Waals surface area (Å²) in [6, 6.07) is 0. The third kappa shape index (κ3) is 69.9. The molecule has 0 aliphatic carbocycles. The van der Waals surface area contributed by atoms with Crippen LogP contribution in [0.5, 0.6) is 0 Å². The van der Waals surface area contributed by atoms with Crippen molar-refractivity contribution in [3.8, 4) is 0 Å². The van der Waals surface area contributed by atoms with E-state index in [0.717, 1.165) is 0 Å². The third-order valence-corrected chi connectivity index (χ3v) is 0.362. The fraction of sp³-hybridized carbons (Fsp3) is 0. The van der Waals surface area contributed by atoms with Gasteiger partial charge in [0.1, 0.15) is 0 Å². The van der Waals surface area contributed by atoms with Crippen molar-refractivity contribution in [1.82, 2.24) is 20.6 Å². The van der Waals surface area contributed by atoms with Crippen LogP contribution in [0, 0.1) is 20.5 Å². The van der Waals surface area contributed by atoms with Crippen LogP contribution in [0.1, 0.15) is 0 Å². The second kappa shape index (κ2) is 12.6. The van der Waals surface area contributed by atoms with Crippen LogP contribution in [0.4, 0.5) is 5.95 Å². The van der Waals surface area contributed by atoms with Crippen molar-refractivity contribution >= 4 is 5.95 Å². The van der Waals surface area contributed by atoms with Crippen molar-refractivity contribution in [2.24, 2.45) is 0 Å². The Bertz CT molecular complexity index is 237. The number of nitrogens with one attached hydrogen (secondary N) is 1. The number of aromatic nitrogens is 4. The number of nitrogens with zero attached hydrogens (tertiary/aromatic N) is 3. The minimum Gasteiger partial charge on any atom is -0.365 e. The summed E-state index contributed by atoms with van der Waals surface area (Å²) in [5.74, 6) is 0.176. The van der Waals surface area contributed by atoms with E-state index < -0.39 is 20.5 Å². The van der Waals surface area contributed by atoms with E-state index in [2.05, 4.69) is 20.6 Å². The quantitative estimate of drug-likeness (QED) is 0.315. The molecule has 17 heteroatoms. The first-order chi connectivity index (χ1) is 6.89. The van der Waals surface area contributed by atoms with Gasteiger partial charge in [-0.05, 0) is 5.21 Å². The van der Waals surface area contributed by atoms with Gasteiger partial charge in [-0.2, -0.15) is 5.21 Å². The monoisotopic (exact) mass is 497 g/mol. The molecular weight excluding hydrogens is 497 g/mol. The Morgan fingerprint density at radius 1 is 0.833 bits per heavy atom. The smallest absolute Gasteiger partial charge is 0.365 e. The van der Waals surface area contributed by atoms with E-state index in [4.69, 9.17) is 43.0 Å². The van der Waals surface area contributed by atoms with Gasteiger partial charge in [0.2, 0.25) is 0 Å². The van der Waals surface area contributed by atoms with Crippen molar-refractivity contribution in [3.05, 3.63) is 0 Å². The van der Waals surface area contributed by atoms with Gasteiger partial charge in [0, 0.05) is 0 Å². The number of hydrogen-bond acceptors (Lipinski definition) is 12. The molecule has 0 fully saturated rings. The summed E-state index contributed by atoms with van der Waals surface area (Å²) in [6.07, 6.45) is 0. The second-order valence-corrected chi connectivity index (χ2v) is 3.04. The Labute approximate surface area is 134 Å². The molecule has 0 radical (unpaired) electrons. The number of nitrogen functional groups attached to an aromatic ring is 1. The maximum atomic E-state index is 8.49. The van der Waals surface area contributed by atoms with Crippen LogP contribution >= 0.6 is 0 Å². The molecule has 0 aliphatic rings. The van der Waals surface area contributed by atoms with Gasteiger partial charge in [0.25, 0.3) is 5.95 Å². The summed E-state index contributed by atoms with van der Waals surface area (Å²) in [6.45, 7) is 0. The Hall–Kier alpha value is 0.611. The normalized spacial score (nSPS) is 9.56. The molecule has 0 saturated carbocycles. The molecule has 0 aromatic carbocycles. The van der Waals surface area contributed by atoms with Crippen molar-refractivity contribution < 1.29 is 103 Å². The van der Waals surface area contributed by atoms with E-state index in [1.807, 2.05) is 0 Å². The van der Waals surface area contributed by atoms with E-state index in [1.165, 1.54) is 0 Å². The molecule has 0 saturated heterocycles. The van der Waals surface area contributed by atoms with Crippen LogP contribution in [0.2, 0.25) is 0 Å². The van der Waals surface area contributed by atoms with Gasteiger partial charge in [-0.1, -0.05) is 5.10 Å². The summed E-state index contributed by atoms with van der Waals surface area (Å²) >= 11 is 0. The molecule has 0 amide bonds. The first kappa shape index (κ1) is 27.0. The summed E-state index contributed by atoms with van der Waals surface area (Å²) in [5.41, 5.74) is 4.96. The molecule has 1 aromatic heterocycles. The number of aromatic amines is 1. The number of tetrazole rings is 1. The largest absolute Gasteiger partial charge is 1.00 e. The predicted molar refractivity (Wildman–Crippen MR) is 18.6 cm³/mol. The molecule has 116 valence electrons. The average molecular weight is 500 g/mol. The van der Waals surface area contributed by atoms with Crippen LogP contribution in [0.25, 0.3) is 0 Å². The zero-order chi connectivity index (χ0) is 13.4. The summed E-state index contributed by atoms with van der Waals surface area (Å²) in [5, 5.41) is 12.0. The number of H-pyrrole nitrogens is 1. The molecule has 0 aliphatic heterocycles. The van der Waals surface area contributed by atoms with Crippen LogP contribution < -0.4 is 43.0 Å². The van der Waals surface area contributed by atoms with E-state index in [0.29, 0.717) is 0 Å². The SMILES string of the molecule is Nc1nn[nH]n1.[Ag+].[Ag+].[O-][Cl+3]([O-])([O-])[O-].[O-][Cl+3]([O-])([O-])[O-]. The first-order valence-corrected chi connectivity index (χ1v) is 5.09. The minimum absolute atomic E-state index is 0. The van der Waals surface area contributed by atoms with Crippen molar-refractivity contribution in [2.75, 3.05) is 5.73 Å². The number of halogens is 2. The molecular formula is CH3Ag2Cl2N5O8. The molecule has 0 spiro atoms. The zero-order valence-corrected chi connectivity index (χ0v) is 12.0. The van der Waals surface area contributed by atoms with Gasteiger partial charge < -0.3 is 5.73 Å². The molecule has 18 heavy (non-hydrogen) atoms. The molecule has 0 unspecified atom stereocenters. The molecule has 0 atom stereocenters. The second-order valence-electron chi connectivity index (χ2n) is 1.53. The van der Waals surface area contributed by atoms with Gasteiger partial charge in [-0.15, -0.1) is 25.6 Å². The van der Waals surface area contributed by atoms with E-state index >= 15 is 0 Å². The Morgan fingerprint density at radius 2 is 1.11 bits per heavy atom. The number of anilines is 1. The molecule has 3 N–H and O–H groups in total. The summed E-state index contributed by atoms with van der Waals surface area (Å²) in [7, 11) is -9.89. The van der Waals surface area contributed by atoms with E-state index in [-0.39, 0.29) is 50.7 Å². The molecule has 1 rings (SSSR count). The van der Waals surface area contributed by atoms with Crippen molar-refractivity contribution in [3.63, 3.8) is 0 Å². The maximum Gasteiger partial charge on any atom is 1.00 e. The number of hydrogen-bond donors (Lipinski definition) is 2. The average Bonchev–Trinajstić information content (AvgIpc) is 2.30. The van der Waals surface area contributed by atoms with Crippen LogP contribution in [-0.4, -0.2) is 20.6 Å². The fourth-order valence-electron chi connectivity index (χ4n) is 0.170.